The molecule has 0 aliphatic rings. The van der Waals surface area contributed by atoms with Crippen LogP contribution >= 0.6 is 0 Å². The fraction of sp³-hybridized carbons (Fsp3) is 0.250. The normalized spacial score (nSPS) is 9.47. The number of anilines is 1. The first-order chi connectivity index (χ1) is 9.04. The minimum absolute atomic E-state index is 0.159. The van der Waals surface area contributed by atoms with E-state index in [0.717, 1.165) is 6.07 Å². The third-order valence-corrected chi connectivity index (χ3v) is 2.11. The number of carbonyl (C=O) groups excluding carboxylic acids is 2. The Morgan fingerprint density at radius 1 is 1.47 bits per heavy atom. The molecule has 0 atom stereocenters. The van der Waals surface area contributed by atoms with Crippen molar-refractivity contribution in [2.24, 2.45) is 0 Å². The van der Waals surface area contributed by atoms with Crippen molar-refractivity contribution in [2.75, 3.05) is 18.9 Å². The monoisotopic (exact) mass is 265 g/mol. The Balaban J connectivity index is 2.47. The highest BCUT2D eigenvalue weighted by atomic mass is 19.1. The highest BCUT2D eigenvalue weighted by Gasteiger charge is 2.14. The molecule has 0 bridgehead atoms. The average Bonchev–Trinajstić information content (AvgIpc) is 2.36. The summed E-state index contributed by atoms with van der Waals surface area (Å²) in [6.45, 7) is -0.364. The number of carbonyl (C=O) groups is 2. The van der Waals surface area contributed by atoms with Crippen LogP contribution in [0.25, 0.3) is 0 Å². The van der Waals surface area contributed by atoms with Gasteiger partial charge in [-0.1, -0.05) is 0 Å². The zero-order chi connectivity index (χ0) is 14.3. The Labute approximate surface area is 109 Å². The molecule has 0 spiro atoms. The quantitative estimate of drug-likeness (QED) is 0.460. The molecule has 0 aliphatic carbocycles. The lowest BCUT2D eigenvalue weighted by Gasteiger charge is -2.06. The van der Waals surface area contributed by atoms with Gasteiger partial charge in [-0.2, -0.15) is 5.26 Å². The van der Waals surface area contributed by atoms with E-state index in [1.807, 2.05) is 6.07 Å². The van der Waals surface area contributed by atoms with E-state index in [2.05, 4.69) is 10.1 Å². The Bertz CT molecular complexity index is 525. The lowest BCUT2D eigenvalue weighted by atomic mass is 10.2. The molecular weight excluding hydrogens is 253 g/mol. The summed E-state index contributed by atoms with van der Waals surface area (Å²) in [7, 11) is 0. The Morgan fingerprint density at radius 3 is 2.84 bits per heavy atom. The van der Waals surface area contributed by atoms with E-state index >= 15 is 0 Å². The predicted molar refractivity (Wildman–Crippen MR) is 64.3 cm³/mol. The summed E-state index contributed by atoms with van der Waals surface area (Å²) in [6, 6.07) is 5.37. The number of ether oxygens (including phenoxy) is 1. The van der Waals surface area contributed by atoms with Gasteiger partial charge in [-0.25, -0.2) is 9.18 Å². The zero-order valence-corrected chi connectivity index (χ0v) is 9.98. The van der Waals surface area contributed by atoms with Gasteiger partial charge in [0.25, 0.3) is 5.91 Å². The molecule has 7 heteroatoms. The molecule has 1 aromatic carbocycles. The number of amides is 1. The van der Waals surface area contributed by atoms with Crippen molar-refractivity contribution in [3.05, 3.63) is 29.6 Å². The van der Waals surface area contributed by atoms with Crippen molar-refractivity contribution in [3.8, 4) is 6.07 Å². The van der Waals surface area contributed by atoms with Crippen molar-refractivity contribution in [1.29, 1.82) is 5.26 Å². The van der Waals surface area contributed by atoms with E-state index in [0.29, 0.717) is 0 Å². The first-order valence-electron chi connectivity index (χ1n) is 5.40. The molecule has 0 aliphatic heterocycles. The molecule has 1 amide bonds. The number of benzene rings is 1. The summed E-state index contributed by atoms with van der Waals surface area (Å²) < 4.78 is 18.0. The summed E-state index contributed by atoms with van der Waals surface area (Å²) >= 11 is 0. The molecule has 19 heavy (non-hydrogen) atoms. The number of hydrogen-bond acceptors (Lipinski definition) is 5. The maximum absolute atomic E-state index is 13.4. The number of halogens is 1. The van der Waals surface area contributed by atoms with Crippen LogP contribution in [0.3, 0.4) is 0 Å². The minimum Gasteiger partial charge on any atom is -0.452 e. The predicted octanol–water partition coefficient (Wildman–Crippen LogP) is 0.595. The van der Waals surface area contributed by atoms with E-state index in [-0.39, 0.29) is 24.2 Å². The molecule has 1 rings (SSSR count). The van der Waals surface area contributed by atoms with E-state index < -0.39 is 24.3 Å². The number of rotatable bonds is 5. The number of nitrogens with one attached hydrogen (secondary N) is 1. The van der Waals surface area contributed by atoms with E-state index in [4.69, 9.17) is 11.0 Å². The number of nitrogens with zero attached hydrogens (tertiary/aromatic N) is 1. The summed E-state index contributed by atoms with van der Waals surface area (Å²) in [6.07, 6.45) is 0.159. The molecule has 0 saturated heterocycles. The van der Waals surface area contributed by atoms with E-state index in [9.17, 15) is 14.0 Å². The van der Waals surface area contributed by atoms with Gasteiger partial charge in [0.2, 0.25) is 0 Å². The molecule has 3 N–H and O–H groups in total. The van der Waals surface area contributed by atoms with Gasteiger partial charge < -0.3 is 15.8 Å². The molecule has 0 radical (unpaired) electrons. The lowest BCUT2D eigenvalue weighted by molar-refractivity contribution is -0.124. The van der Waals surface area contributed by atoms with Crippen LogP contribution in [0.2, 0.25) is 0 Å². The molecule has 0 aromatic heterocycles. The molecule has 100 valence electrons. The second-order valence-corrected chi connectivity index (χ2v) is 3.57. The number of esters is 1. The van der Waals surface area contributed by atoms with Gasteiger partial charge in [0, 0.05) is 12.2 Å². The smallest absolute Gasteiger partial charge is 0.341 e. The van der Waals surface area contributed by atoms with Gasteiger partial charge in [0.05, 0.1) is 18.1 Å². The number of nitrogen functional groups attached to an aromatic ring is 1. The minimum atomic E-state index is -0.951. The second-order valence-electron chi connectivity index (χ2n) is 3.57. The van der Waals surface area contributed by atoms with Gasteiger partial charge in [-0.05, 0) is 18.2 Å². The molecule has 6 nitrogen and oxygen atoms in total. The molecule has 0 saturated carbocycles. The summed E-state index contributed by atoms with van der Waals surface area (Å²) in [5.74, 6) is -2.32. The molecule has 0 unspecified atom stereocenters. The lowest BCUT2D eigenvalue weighted by Crippen LogP contribution is -2.29. The van der Waals surface area contributed by atoms with Crippen LogP contribution in [0.1, 0.15) is 16.8 Å². The van der Waals surface area contributed by atoms with Gasteiger partial charge in [0.1, 0.15) is 5.82 Å². The van der Waals surface area contributed by atoms with Crippen molar-refractivity contribution in [3.63, 3.8) is 0 Å². The second kappa shape index (κ2) is 6.96. The van der Waals surface area contributed by atoms with Crippen molar-refractivity contribution in [1.82, 2.24) is 5.32 Å². The van der Waals surface area contributed by atoms with Crippen molar-refractivity contribution >= 4 is 17.6 Å². The SMILES string of the molecule is N#CCCNC(=O)COC(=O)c1ccc(N)cc1F. The maximum atomic E-state index is 13.4. The number of nitrogens with two attached hydrogens (primary N) is 1. The number of hydrogen-bond donors (Lipinski definition) is 2. The van der Waals surface area contributed by atoms with Gasteiger partial charge in [0.15, 0.2) is 6.61 Å². The largest absolute Gasteiger partial charge is 0.452 e. The van der Waals surface area contributed by atoms with Gasteiger partial charge >= 0.3 is 5.97 Å². The summed E-state index contributed by atoms with van der Waals surface area (Å²) in [5.41, 5.74) is 5.23. The van der Waals surface area contributed by atoms with Gasteiger partial charge in [-0.15, -0.1) is 0 Å². The van der Waals surface area contributed by atoms with E-state index in [1.165, 1.54) is 12.1 Å². The fourth-order valence-corrected chi connectivity index (χ4v) is 1.21. The van der Waals surface area contributed by atoms with Crippen molar-refractivity contribution in [2.45, 2.75) is 6.42 Å². The standard InChI is InChI=1S/C12H12FN3O3/c13-10-6-8(15)2-3-9(10)12(18)19-7-11(17)16-5-1-4-14/h2-3,6H,1,5,7,15H2,(H,16,17). The summed E-state index contributed by atoms with van der Waals surface area (Å²) in [5, 5.41) is 10.6. The Hall–Kier alpha value is -2.62. The highest BCUT2D eigenvalue weighted by molar-refractivity contribution is 5.91. The Kier molecular flexibility index (Phi) is 5.29. The van der Waals surface area contributed by atoms with Crippen LogP contribution in [0.15, 0.2) is 18.2 Å². The van der Waals surface area contributed by atoms with Crippen LogP contribution in [-0.4, -0.2) is 25.0 Å². The van der Waals surface area contributed by atoms with Crippen molar-refractivity contribution < 1.29 is 18.7 Å². The number of nitriles is 1. The van der Waals surface area contributed by atoms with Crippen LogP contribution < -0.4 is 11.1 Å². The van der Waals surface area contributed by atoms with Crippen LogP contribution in [0.4, 0.5) is 10.1 Å². The van der Waals surface area contributed by atoms with Crippen LogP contribution in [-0.2, 0) is 9.53 Å². The fourth-order valence-electron chi connectivity index (χ4n) is 1.21. The topological polar surface area (TPSA) is 105 Å². The zero-order valence-electron chi connectivity index (χ0n) is 9.98. The summed E-state index contributed by atoms with van der Waals surface area (Å²) in [4.78, 5) is 22.7. The average molecular weight is 265 g/mol. The maximum Gasteiger partial charge on any atom is 0.341 e. The third kappa shape index (κ3) is 4.63. The Morgan fingerprint density at radius 2 is 2.21 bits per heavy atom. The first kappa shape index (κ1) is 14.4. The third-order valence-electron chi connectivity index (χ3n) is 2.11. The first-order valence-corrected chi connectivity index (χ1v) is 5.40. The molecular formula is C12H12FN3O3. The molecule has 1 aromatic rings. The van der Waals surface area contributed by atoms with Crippen LogP contribution in [0.5, 0.6) is 0 Å². The molecule has 0 fully saturated rings. The molecule has 0 heterocycles. The van der Waals surface area contributed by atoms with E-state index in [1.54, 1.807) is 0 Å². The highest BCUT2D eigenvalue weighted by Crippen LogP contribution is 2.12. The van der Waals surface area contributed by atoms with Gasteiger partial charge in [-0.3, -0.25) is 4.79 Å². The van der Waals surface area contributed by atoms with Crippen LogP contribution in [0, 0.1) is 17.1 Å².